The topological polar surface area (TPSA) is 327 Å². The molecule has 2 aromatic heterocycles. The van der Waals surface area contributed by atoms with Crippen LogP contribution in [0.25, 0.3) is 22.3 Å². The first kappa shape index (κ1) is 51.6. The van der Waals surface area contributed by atoms with Crippen molar-refractivity contribution in [3.8, 4) is 22.9 Å². The summed E-state index contributed by atoms with van der Waals surface area (Å²) in [4.78, 5) is 120. The number of carbonyl (C=O) groups excluding carboxylic acids is 8. The lowest BCUT2D eigenvalue weighted by Gasteiger charge is -2.25. The zero-order chi connectivity index (χ0) is 50.8. The SMILES string of the molecule is CC(C)[C@H](NC(=O)CCOCCOCCNC(=O)CCN1C(=O)C=CC1=O)C(=O)N[C@@H](CCCCN)C(=O)NCC(=O)NCc1c2c(nc3cc4c(cc13)OCO4)-c1cc3c(c(=O)n1C2)COC(=O)[C@H]3O. The van der Waals surface area contributed by atoms with Crippen LogP contribution in [-0.2, 0) is 72.3 Å². The normalized spacial score (nSPS) is 16.0. The summed E-state index contributed by atoms with van der Waals surface area (Å²) in [6.07, 6.45) is 1.79. The molecule has 24 heteroatoms. The van der Waals surface area contributed by atoms with Crippen LogP contribution in [0.4, 0.5) is 0 Å². The van der Waals surface area contributed by atoms with Crippen LogP contribution in [0.5, 0.6) is 11.5 Å². The van der Waals surface area contributed by atoms with Crippen LogP contribution in [-0.4, -0.2) is 138 Å². The zero-order valence-electron chi connectivity index (χ0n) is 39.3. The van der Waals surface area contributed by atoms with E-state index in [1.54, 1.807) is 32.0 Å². The summed E-state index contributed by atoms with van der Waals surface area (Å²) in [6.45, 7) is 3.79. The van der Waals surface area contributed by atoms with Gasteiger partial charge in [-0.3, -0.25) is 43.3 Å². The zero-order valence-corrected chi connectivity index (χ0v) is 39.3. The molecule has 0 saturated heterocycles. The first-order valence-corrected chi connectivity index (χ1v) is 23.3. The number of amides is 7. The van der Waals surface area contributed by atoms with Gasteiger partial charge in [0.2, 0.25) is 36.3 Å². The Morgan fingerprint density at radius 1 is 0.831 bits per heavy atom. The van der Waals surface area contributed by atoms with E-state index in [1.807, 2.05) is 0 Å². The fourth-order valence-corrected chi connectivity index (χ4v) is 8.35. The van der Waals surface area contributed by atoms with E-state index in [1.165, 1.54) is 4.57 Å². The van der Waals surface area contributed by atoms with E-state index < -0.39 is 71.7 Å². The molecule has 0 aliphatic carbocycles. The third-order valence-corrected chi connectivity index (χ3v) is 12.2. The Balaban J connectivity index is 0.885. The Hall–Kier alpha value is -7.28. The van der Waals surface area contributed by atoms with Gasteiger partial charge < -0.3 is 65.7 Å². The van der Waals surface area contributed by atoms with Crippen molar-refractivity contribution in [2.75, 3.05) is 59.4 Å². The number of fused-ring (bicyclic) bond motifs is 6. The minimum Gasteiger partial charge on any atom is -0.458 e. The molecule has 24 nitrogen and oxygen atoms in total. The number of hydrogen-bond acceptors (Lipinski definition) is 17. The lowest BCUT2D eigenvalue weighted by Crippen LogP contribution is -2.56. The number of nitrogens with two attached hydrogens (primary N) is 1. The monoisotopic (exact) mass is 987 g/mol. The van der Waals surface area contributed by atoms with Crippen LogP contribution < -0.4 is 47.4 Å². The Kier molecular flexibility index (Phi) is 17.1. The van der Waals surface area contributed by atoms with Crippen molar-refractivity contribution in [1.29, 1.82) is 0 Å². The van der Waals surface area contributed by atoms with Gasteiger partial charge in [0.05, 0.1) is 62.0 Å². The highest BCUT2D eigenvalue weighted by molar-refractivity contribution is 6.13. The smallest absolute Gasteiger partial charge is 0.340 e. The summed E-state index contributed by atoms with van der Waals surface area (Å²) in [6, 6.07) is 2.89. The molecular weight excluding hydrogens is 931 g/mol. The molecule has 0 fully saturated rings. The average molecular weight is 988 g/mol. The fraction of sp³-hybridized carbons (Fsp3) is 0.489. The molecule has 0 unspecified atom stereocenters. The lowest BCUT2D eigenvalue weighted by atomic mass is 9.98. The molecule has 0 radical (unpaired) electrons. The molecule has 4 aliphatic heterocycles. The van der Waals surface area contributed by atoms with Gasteiger partial charge in [-0.05, 0) is 49.4 Å². The van der Waals surface area contributed by atoms with Gasteiger partial charge in [-0.25, -0.2) is 9.78 Å². The van der Waals surface area contributed by atoms with Gasteiger partial charge in [0.25, 0.3) is 17.4 Å². The number of pyridine rings is 2. The quantitative estimate of drug-likeness (QED) is 0.0228. The second kappa shape index (κ2) is 23.6. The molecule has 7 rings (SSSR count). The Morgan fingerprint density at radius 3 is 2.30 bits per heavy atom. The van der Waals surface area contributed by atoms with Crippen molar-refractivity contribution in [3.63, 3.8) is 0 Å². The lowest BCUT2D eigenvalue weighted by molar-refractivity contribution is -0.157. The van der Waals surface area contributed by atoms with Crippen molar-refractivity contribution >= 4 is 58.2 Å². The van der Waals surface area contributed by atoms with Gasteiger partial charge in [-0.15, -0.1) is 0 Å². The van der Waals surface area contributed by atoms with Crippen molar-refractivity contribution < 1.29 is 67.1 Å². The summed E-state index contributed by atoms with van der Waals surface area (Å²) in [5.41, 5.74) is 8.00. The first-order chi connectivity index (χ1) is 34.1. The number of aliphatic hydroxyl groups is 1. The molecule has 71 heavy (non-hydrogen) atoms. The second-order valence-electron chi connectivity index (χ2n) is 17.4. The van der Waals surface area contributed by atoms with Crippen LogP contribution in [0.3, 0.4) is 0 Å². The van der Waals surface area contributed by atoms with E-state index in [0.29, 0.717) is 64.3 Å². The van der Waals surface area contributed by atoms with Crippen LogP contribution in [0.15, 0.2) is 35.1 Å². The largest absolute Gasteiger partial charge is 0.458 e. The third kappa shape index (κ3) is 12.4. The predicted octanol–water partition coefficient (Wildman–Crippen LogP) is -1.41. The number of imide groups is 1. The number of nitrogens with one attached hydrogen (secondary N) is 5. The van der Waals surface area contributed by atoms with Crippen molar-refractivity contribution in [2.45, 2.75) is 83.8 Å². The maximum Gasteiger partial charge on any atom is 0.340 e. The molecule has 380 valence electrons. The van der Waals surface area contributed by atoms with Gasteiger partial charge in [0.1, 0.15) is 18.7 Å². The average Bonchev–Trinajstić information content (AvgIpc) is 4.06. The molecular formula is C47H57N9O15. The van der Waals surface area contributed by atoms with Gasteiger partial charge >= 0.3 is 5.97 Å². The van der Waals surface area contributed by atoms with E-state index in [4.69, 9.17) is 34.4 Å². The van der Waals surface area contributed by atoms with E-state index in [0.717, 1.165) is 17.1 Å². The Labute approximate surface area is 406 Å². The van der Waals surface area contributed by atoms with E-state index in [-0.39, 0.29) is 108 Å². The maximum atomic E-state index is 13.7. The Morgan fingerprint density at radius 2 is 1.56 bits per heavy atom. The van der Waals surface area contributed by atoms with E-state index >= 15 is 0 Å². The van der Waals surface area contributed by atoms with Crippen molar-refractivity contribution in [2.24, 2.45) is 11.7 Å². The molecule has 0 saturated carbocycles. The summed E-state index contributed by atoms with van der Waals surface area (Å²) in [5, 5.41) is 24.7. The second-order valence-corrected chi connectivity index (χ2v) is 17.4. The van der Waals surface area contributed by atoms with Gasteiger partial charge in [0.15, 0.2) is 17.6 Å². The molecule has 3 aromatic rings. The number of benzene rings is 1. The molecule has 1 aromatic carbocycles. The minimum atomic E-state index is -1.64. The molecule has 0 bridgehead atoms. The summed E-state index contributed by atoms with van der Waals surface area (Å²) in [5.74, 6) is -3.85. The molecule has 4 aliphatic rings. The third-order valence-electron chi connectivity index (χ3n) is 12.2. The number of ether oxygens (including phenoxy) is 5. The van der Waals surface area contributed by atoms with Crippen LogP contribution in [0, 0.1) is 5.92 Å². The maximum absolute atomic E-state index is 13.7. The number of aromatic nitrogens is 2. The molecule has 7 amide bonds. The minimum absolute atomic E-state index is 0.00426. The number of esters is 1. The Bertz CT molecular complexity index is 2670. The highest BCUT2D eigenvalue weighted by Gasteiger charge is 2.36. The van der Waals surface area contributed by atoms with Crippen LogP contribution in [0.1, 0.15) is 74.3 Å². The number of cyclic esters (lactones) is 1. The standard InChI is InChI=1S/C47H57N9O15/c1-25(2)41(54-37(58)9-13-67-15-16-68-14-11-49-36(57)8-12-55-39(60)6-7-40(55)61)45(64)53-31(5-3-4-10-48)44(63)51-21-38(59)50-20-28-26-18-34-35(71-24-70-34)19-32(26)52-42-29(28)22-56-33(42)17-27-30(46(56)65)23-69-47(66)43(27)62/h6-7,17-19,25,31,41,43,62H,3-5,8-16,20-24,48H2,1-2H3,(H,49,57)(H,50,59)(H,51,63)(H,53,64)(H,54,58)/t31-,41-,43-/m0/s1. The molecule has 6 heterocycles. The van der Waals surface area contributed by atoms with Gasteiger partial charge in [-0.2, -0.15) is 0 Å². The van der Waals surface area contributed by atoms with E-state index in [9.17, 15) is 48.3 Å². The number of rotatable bonds is 25. The summed E-state index contributed by atoms with van der Waals surface area (Å²) in [7, 11) is 0. The number of carbonyl (C=O) groups is 8. The van der Waals surface area contributed by atoms with Crippen molar-refractivity contribution in [3.05, 3.63) is 63.0 Å². The molecule has 8 N–H and O–H groups in total. The number of nitrogens with zero attached hydrogens (tertiary/aromatic N) is 3. The highest BCUT2D eigenvalue weighted by atomic mass is 16.7. The van der Waals surface area contributed by atoms with Crippen LogP contribution >= 0.6 is 0 Å². The summed E-state index contributed by atoms with van der Waals surface area (Å²) >= 11 is 0. The summed E-state index contributed by atoms with van der Waals surface area (Å²) < 4.78 is 28.6. The van der Waals surface area contributed by atoms with Gasteiger partial charge in [0, 0.05) is 67.2 Å². The first-order valence-electron chi connectivity index (χ1n) is 23.3. The molecule has 3 atom stereocenters. The van der Waals surface area contributed by atoms with Crippen LogP contribution in [0.2, 0.25) is 0 Å². The predicted molar refractivity (Wildman–Crippen MR) is 248 cm³/mol. The molecule has 0 spiro atoms. The highest BCUT2D eigenvalue weighted by Crippen LogP contribution is 2.42. The number of hydrogen-bond donors (Lipinski definition) is 7. The van der Waals surface area contributed by atoms with Gasteiger partial charge in [-0.1, -0.05) is 13.8 Å². The number of aliphatic hydroxyl groups excluding tert-OH is 1. The van der Waals surface area contributed by atoms with E-state index in [2.05, 4.69) is 26.6 Å². The fourth-order valence-electron chi connectivity index (χ4n) is 8.35. The van der Waals surface area contributed by atoms with Crippen molar-refractivity contribution in [1.82, 2.24) is 41.0 Å². The number of unbranched alkanes of at least 4 members (excludes halogenated alkanes) is 1.